The van der Waals surface area contributed by atoms with E-state index in [-0.39, 0.29) is 6.03 Å². The van der Waals surface area contributed by atoms with Gasteiger partial charge in [0.15, 0.2) is 0 Å². The summed E-state index contributed by atoms with van der Waals surface area (Å²) in [5.74, 6) is 0.840. The highest BCUT2D eigenvalue weighted by Gasteiger charge is 2.20. The number of urea groups is 1. The SMILES string of the molecule is Nc1cccc(NC(=O)NCCC2CC2)c1. The van der Waals surface area contributed by atoms with Gasteiger partial charge >= 0.3 is 6.03 Å². The number of anilines is 2. The number of rotatable bonds is 4. The van der Waals surface area contributed by atoms with Gasteiger partial charge in [-0.25, -0.2) is 4.79 Å². The topological polar surface area (TPSA) is 67.1 Å². The van der Waals surface area contributed by atoms with Crippen molar-refractivity contribution in [1.82, 2.24) is 5.32 Å². The Morgan fingerprint density at radius 3 is 2.94 bits per heavy atom. The van der Waals surface area contributed by atoms with Crippen LogP contribution in [0, 0.1) is 5.92 Å². The first-order valence-corrected chi connectivity index (χ1v) is 5.64. The van der Waals surface area contributed by atoms with Gasteiger partial charge in [0.2, 0.25) is 0 Å². The number of amides is 2. The van der Waals surface area contributed by atoms with Crippen molar-refractivity contribution in [2.45, 2.75) is 19.3 Å². The third-order valence-electron chi connectivity index (χ3n) is 2.68. The van der Waals surface area contributed by atoms with Crippen LogP contribution in [-0.2, 0) is 0 Å². The lowest BCUT2D eigenvalue weighted by atomic mass is 10.3. The Bertz CT molecular complexity index is 374. The van der Waals surface area contributed by atoms with Gasteiger partial charge in [0.05, 0.1) is 0 Å². The van der Waals surface area contributed by atoms with E-state index in [0.717, 1.165) is 24.6 Å². The average molecular weight is 219 g/mol. The van der Waals surface area contributed by atoms with E-state index in [1.165, 1.54) is 12.8 Å². The maximum Gasteiger partial charge on any atom is 0.319 e. The van der Waals surface area contributed by atoms with Crippen molar-refractivity contribution < 1.29 is 4.79 Å². The predicted molar refractivity (Wildman–Crippen MR) is 65.2 cm³/mol. The first kappa shape index (κ1) is 10.8. The van der Waals surface area contributed by atoms with Crippen molar-refractivity contribution in [3.05, 3.63) is 24.3 Å². The summed E-state index contributed by atoms with van der Waals surface area (Å²) in [6.45, 7) is 0.749. The molecule has 0 heterocycles. The van der Waals surface area contributed by atoms with Crippen LogP contribution in [-0.4, -0.2) is 12.6 Å². The number of benzene rings is 1. The normalized spacial score (nSPS) is 14.5. The number of hydrogen-bond acceptors (Lipinski definition) is 2. The summed E-state index contributed by atoms with van der Waals surface area (Å²) >= 11 is 0. The molecule has 86 valence electrons. The van der Waals surface area contributed by atoms with E-state index in [0.29, 0.717) is 5.69 Å². The fourth-order valence-corrected chi connectivity index (χ4v) is 1.59. The molecule has 0 unspecified atom stereocenters. The van der Waals surface area contributed by atoms with Crippen LogP contribution in [0.1, 0.15) is 19.3 Å². The highest BCUT2D eigenvalue weighted by molar-refractivity contribution is 5.89. The maximum atomic E-state index is 11.5. The smallest absolute Gasteiger partial charge is 0.319 e. The van der Waals surface area contributed by atoms with Gasteiger partial charge in [-0.05, 0) is 30.5 Å². The van der Waals surface area contributed by atoms with Crippen molar-refractivity contribution >= 4 is 17.4 Å². The van der Waals surface area contributed by atoms with Crippen LogP contribution in [0.4, 0.5) is 16.2 Å². The van der Waals surface area contributed by atoms with Crippen LogP contribution < -0.4 is 16.4 Å². The van der Waals surface area contributed by atoms with Crippen LogP contribution in [0.3, 0.4) is 0 Å². The second-order valence-electron chi connectivity index (χ2n) is 4.24. The summed E-state index contributed by atoms with van der Waals surface area (Å²) in [4.78, 5) is 11.5. The molecule has 0 aromatic heterocycles. The molecule has 4 N–H and O–H groups in total. The highest BCUT2D eigenvalue weighted by Crippen LogP contribution is 2.31. The minimum Gasteiger partial charge on any atom is -0.399 e. The lowest BCUT2D eigenvalue weighted by molar-refractivity contribution is 0.252. The van der Waals surface area contributed by atoms with Crippen LogP contribution in [0.2, 0.25) is 0 Å². The summed E-state index contributed by atoms with van der Waals surface area (Å²) in [6.07, 6.45) is 3.72. The Morgan fingerprint density at radius 2 is 2.25 bits per heavy atom. The van der Waals surface area contributed by atoms with Crippen molar-refractivity contribution in [2.75, 3.05) is 17.6 Å². The minimum absolute atomic E-state index is 0.161. The average Bonchev–Trinajstić information content (AvgIpc) is 3.01. The molecule has 16 heavy (non-hydrogen) atoms. The molecule has 1 saturated carbocycles. The molecular weight excluding hydrogens is 202 g/mol. The first-order valence-electron chi connectivity index (χ1n) is 5.64. The van der Waals surface area contributed by atoms with E-state index < -0.39 is 0 Å². The molecule has 0 bridgehead atoms. The molecule has 0 radical (unpaired) electrons. The minimum atomic E-state index is -0.161. The second kappa shape index (κ2) is 4.88. The van der Waals surface area contributed by atoms with Gasteiger partial charge in [-0.1, -0.05) is 18.9 Å². The molecular formula is C12H17N3O. The van der Waals surface area contributed by atoms with E-state index in [2.05, 4.69) is 10.6 Å². The summed E-state index contributed by atoms with van der Waals surface area (Å²) in [6, 6.07) is 6.99. The van der Waals surface area contributed by atoms with Crippen LogP contribution >= 0.6 is 0 Å². The predicted octanol–water partition coefficient (Wildman–Crippen LogP) is 2.19. The zero-order valence-corrected chi connectivity index (χ0v) is 9.20. The molecule has 1 aromatic carbocycles. The first-order chi connectivity index (χ1) is 7.74. The summed E-state index contributed by atoms with van der Waals surface area (Å²) < 4.78 is 0. The number of nitrogens with one attached hydrogen (secondary N) is 2. The Kier molecular flexibility index (Phi) is 3.29. The number of carbonyl (C=O) groups is 1. The van der Waals surface area contributed by atoms with Gasteiger partial charge in [-0.2, -0.15) is 0 Å². The zero-order chi connectivity index (χ0) is 11.4. The molecule has 0 aliphatic heterocycles. The summed E-state index contributed by atoms with van der Waals surface area (Å²) in [5.41, 5.74) is 6.99. The molecule has 0 atom stereocenters. The number of nitrogens with two attached hydrogens (primary N) is 1. The third-order valence-corrected chi connectivity index (χ3v) is 2.68. The van der Waals surface area contributed by atoms with Crippen LogP contribution in [0.5, 0.6) is 0 Å². The fraction of sp³-hybridized carbons (Fsp3) is 0.417. The van der Waals surface area contributed by atoms with Gasteiger partial charge in [-0.3, -0.25) is 0 Å². The standard InChI is InChI=1S/C12H17N3O/c13-10-2-1-3-11(8-10)15-12(16)14-7-6-9-4-5-9/h1-3,8-9H,4-7,13H2,(H2,14,15,16). The van der Waals surface area contributed by atoms with Gasteiger partial charge in [0.1, 0.15) is 0 Å². The van der Waals surface area contributed by atoms with Crippen LogP contribution in [0.15, 0.2) is 24.3 Å². The molecule has 2 rings (SSSR count). The fourth-order valence-electron chi connectivity index (χ4n) is 1.59. The van der Waals surface area contributed by atoms with Crippen molar-refractivity contribution in [3.8, 4) is 0 Å². The molecule has 1 aromatic rings. The van der Waals surface area contributed by atoms with Gasteiger partial charge in [0, 0.05) is 17.9 Å². The van der Waals surface area contributed by atoms with Gasteiger partial charge < -0.3 is 16.4 Å². The van der Waals surface area contributed by atoms with Crippen molar-refractivity contribution in [2.24, 2.45) is 5.92 Å². The molecule has 0 spiro atoms. The van der Waals surface area contributed by atoms with E-state index in [4.69, 9.17) is 5.73 Å². The van der Waals surface area contributed by atoms with Gasteiger partial charge in [0.25, 0.3) is 0 Å². The monoisotopic (exact) mass is 219 g/mol. The lowest BCUT2D eigenvalue weighted by Crippen LogP contribution is -2.29. The largest absolute Gasteiger partial charge is 0.399 e. The molecule has 2 amide bonds. The third kappa shape index (κ3) is 3.46. The summed E-state index contributed by atoms with van der Waals surface area (Å²) in [7, 11) is 0. The summed E-state index contributed by atoms with van der Waals surface area (Å²) in [5, 5.41) is 5.58. The highest BCUT2D eigenvalue weighted by atomic mass is 16.2. The molecule has 1 fully saturated rings. The van der Waals surface area contributed by atoms with E-state index in [1.807, 2.05) is 12.1 Å². The second-order valence-corrected chi connectivity index (χ2v) is 4.24. The molecule has 0 saturated heterocycles. The Labute approximate surface area is 95.2 Å². The lowest BCUT2D eigenvalue weighted by Gasteiger charge is -2.07. The number of nitrogen functional groups attached to an aromatic ring is 1. The van der Waals surface area contributed by atoms with E-state index in [9.17, 15) is 4.79 Å². The zero-order valence-electron chi connectivity index (χ0n) is 9.20. The number of carbonyl (C=O) groups excluding carboxylic acids is 1. The quantitative estimate of drug-likeness (QED) is 0.679. The molecule has 1 aliphatic rings. The Morgan fingerprint density at radius 1 is 1.44 bits per heavy atom. The molecule has 4 nitrogen and oxygen atoms in total. The van der Waals surface area contributed by atoms with E-state index in [1.54, 1.807) is 12.1 Å². The van der Waals surface area contributed by atoms with Crippen molar-refractivity contribution in [1.29, 1.82) is 0 Å². The van der Waals surface area contributed by atoms with E-state index >= 15 is 0 Å². The maximum absolute atomic E-state index is 11.5. The molecule has 1 aliphatic carbocycles. The number of hydrogen-bond donors (Lipinski definition) is 3. The van der Waals surface area contributed by atoms with Crippen molar-refractivity contribution in [3.63, 3.8) is 0 Å². The Hall–Kier alpha value is -1.71. The Balaban J connectivity index is 1.73. The van der Waals surface area contributed by atoms with Crippen LogP contribution in [0.25, 0.3) is 0 Å². The molecule has 4 heteroatoms. The van der Waals surface area contributed by atoms with Gasteiger partial charge in [-0.15, -0.1) is 0 Å².